The van der Waals surface area contributed by atoms with Crippen molar-refractivity contribution in [3.05, 3.63) is 0 Å². The van der Waals surface area contributed by atoms with Gasteiger partial charge in [0.25, 0.3) is 0 Å². The number of likely N-dealkylation sites (N-methyl/N-ethyl adjacent to an activating group) is 1. The summed E-state index contributed by atoms with van der Waals surface area (Å²) >= 11 is 0. The topological polar surface area (TPSA) is 27.7 Å². The molecule has 2 heterocycles. The van der Waals surface area contributed by atoms with Crippen LogP contribution in [0.2, 0.25) is 0 Å². The number of hydrogen-bond acceptors (Lipinski definition) is 4. The Kier molecular flexibility index (Phi) is 3.97. The first-order valence-corrected chi connectivity index (χ1v) is 6.06. The van der Waals surface area contributed by atoms with Crippen LogP contribution in [0.15, 0.2) is 0 Å². The SMILES string of the molecule is CC1CCC(CNN2CCN(C)CC2)O1. The highest BCUT2D eigenvalue weighted by molar-refractivity contribution is 4.73. The molecule has 0 amide bonds. The molecule has 2 rings (SSSR count). The van der Waals surface area contributed by atoms with Gasteiger partial charge < -0.3 is 9.64 Å². The van der Waals surface area contributed by atoms with E-state index in [0.717, 1.165) is 32.7 Å². The minimum absolute atomic E-state index is 0.430. The largest absolute Gasteiger partial charge is 0.374 e. The highest BCUT2D eigenvalue weighted by atomic mass is 16.5. The van der Waals surface area contributed by atoms with Gasteiger partial charge in [0.2, 0.25) is 0 Å². The molecule has 2 fully saturated rings. The lowest BCUT2D eigenvalue weighted by molar-refractivity contribution is 0.0296. The Labute approximate surface area is 92.5 Å². The van der Waals surface area contributed by atoms with Crippen LogP contribution in [-0.4, -0.2) is 61.9 Å². The maximum Gasteiger partial charge on any atom is 0.0718 e. The molecule has 0 saturated carbocycles. The summed E-state index contributed by atoms with van der Waals surface area (Å²) in [5, 5.41) is 2.33. The van der Waals surface area contributed by atoms with Gasteiger partial charge >= 0.3 is 0 Å². The fraction of sp³-hybridized carbons (Fsp3) is 1.00. The Morgan fingerprint density at radius 3 is 2.53 bits per heavy atom. The molecule has 4 nitrogen and oxygen atoms in total. The molecule has 15 heavy (non-hydrogen) atoms. The van der Waals surface area contributed by atoms with Crippen molar-refractivity contribution in [1.29, 1.82) is 0 Å². The molecule has 1 N–H and O–H groups in total. The van der Waals surface area contributed by atoms with Gasteiger partial charge in [-0.05, 0) is 26.8 Å². The Morgan fingerprint density at radius 1 is 1.20 bits per heavy atom. The summed E-state index contributed by atoms with van der Waals surface area (Å²) in [6.45, 7) is 7.71. The number of piperazine rings is 1. The zero-order valence-corrected chi connectivity index (χ0v) is 9.91. The fourth-order valence-corrected chi connectivity index (χ4v) is 2.23. The van der Waals surface area contributed by atoms with E-state index in [2.05, 4.69) is 29.3 Å². The van der Waals surface area contributed by atoms with Crippen LogP contribution in [0.4, 0.5) is 0 Å². The van der Waals surface area contributed by atoms with E-state index in [1.54, 1.807) is 0 Å². The molecule has 0 radical (unpaired) electrons. The van der Waals surface area contributed by atoms with Crippen LogP contribution >= 0.6 is 0 Å². The molecule has 2 aliphatic rings. The molecule has 0 bridgehead atoms. The lowest BCUT2D eigenvalue weighted by Crippen LogP contribution is -2.52. The highest BCUT2D eigenvalue weighted by Gasteiger charge is 2.22. The zero-order chi connectivity index (χ0) is 10.7. The first-order valence-electron chi connectivity index (χ1n) is 6.06. The number of rotatable bonds is 3. The molecule has 2 unspecified atom stereocenters. The Balaban J connectivity index is 1.61. The van der Waals surface area contributed by atoms with E-state index in [1.165, 1.54) is 12.8 Å². The number of ether oxygens (including phenoxy) is 1. The molecule has 4 heteroatoms. The minimum atomic E-state index is 0.430. The molecule has 0 aromatic heterocycles. The van der Waals surface area contributed by atoms with Gasteiger partial charge in [-0.15, -0.1) is 0 Å². The Hall–Kier alpha value is -0.160. The van der Waals surface area contributed by atoms with E-state index in [0.29, 0.717) is 12.2 Å². The normalized spacial score (nSPS) is 34.8. The second-order valence-electron chi connectivity index (χ2n) is 4.80. The molecular formula is C11H23N3O. The van der Waals surface area contributed by atoms with E-state index in [4.69, 9.17) is 4.74 Å². The number of hydrazine groups is 1. The smallest absolute Gasteiger partial charge is 0.0718 e. The summed E-state index contributed by atoms with van der Waals surface area (Å²) in [6, 6.07) is 0. The molecule has 0 spiro atoms. The molecule has 2 saturated heterocycles. The van der Waals surface area contributed by atoms with Crippen molar-refractivity contribution in [3.63, 3.8) is 0 Å². The summed E-state index contributed by atoms with van der Waals surface area (Å²) in [4.78, 5) is 2.37. The van der Waals surface area contributed by atoms with Crippen LogP contribution in [0.1, 0.15) is 19.8 Å². The molecule has 2 aliphatic heterocycles. The van der Waals surface area contributed by atoms with E-state index in [9.17, 15) is 0 Å². The molecule has 88 valence electrons. The van der Waals surface area contributed by atoms with Crippen molar-refractivity contribution >= 4 is 0 Å². The molecule has 2 atom stereocenters. The van der Waals surface area contributed by atoms with E-state index < -0.39 is 0 Å². The van der Waals surface area contributed by atoms with E-state index in [1.807, 2.05) is 0 Å². The van der Waals surface area contributed by atoms with Gasteiger partial charge in [-0.1, -0.05) is 0 Å². The Bertz CT molecular complexity index is 192. The number of nitrogens with one attached hydrogen (secondary N) is 1. The van der Waals surface area contributed by atoms with Crippen molar-refractivity contribution in [2.24, 2.45) is 0 Å². The van der Waals surface area contributed by atoms with E-state index in [-0.39, 0.29) is 0 Å². The third-order valence-electron chi connectivity index (χ3n) is 3.37. The fourth-order valence-electron chi connectivity index (χ4n) is 2.23. The zero-order valence-electron chi connectivity index (χ0n) is 9.91. The van der Waals surface area contributed by atoms with Crippen LogP contribution in [0.25, 0.3) is 0 Å². The van der Waals surface area contributed by atoms with Gasteiger partial charge in [-0.3, -0.25) is 5.43 Å². The summed E-state index contributed by atoms with van der Waals surface area (Å²) in [5.41, 5.74) is 3.49. The first-order chi connectivity index (χ1) is 7.24. The van der Waals surface area contributed by atoms with Crippen LogP contribution in [-0.2, 0) is 4.74 Å². The van der Waals surface area contributed by atoms with Crippen molar-refractivity contribution < 1.29 is 4.74 Å². The monoisotopic (exact) mass is 213 g/mol. The number of nitrogens with zero attached hydrogens (tertiary/aromatic N) is 2. The number of hydrogen-bond donors (Lipinski definition) is 1. The Morgan fingerprint density at radius 2 is 1.93 bits per heavy atom. The summed E-state index contributed by atoms with van der Waals surface area (Å²) in [5.74, 6) is 0. The summed E-state index contributed by atoms with van der Waals surface area (Å²) in [6.07, 6.45) is 3.32. The van der Waals surface area contributed by atoms with Gasteiger partial charge in [0.15, 0.2) is 0 Å². The van der Waals surface area contributed by atoms with Gasteiger partial charge in [0, 0.05) is 32.7 Å². The average Bonchev–Trinajstić information content (AvgIpc) is 2.64. The maximum atomic E-state index is 5.77. The second-order valence-corrected chi connectivity index (χ2v) is 4.80. The maximum absolute atomic E-state index is 5.77. The third-order valence-corrected chi connectivity index (χ3v) is 3.37. The summed E-state index contributed by atoms with van der Waals surface area (Å²) < 4.78 is 5.77. The molecular weight excluding hydrogens is 190 g/mol. The molecule has 0 aliphatic carbocycles. The summed E-state index contributed by atoms with van der Waals surface area (Å²) in [7, 11) is 2.18. The highest BCUT2D eigenvalue weighted by Crippen LogP contribution is 2.18. The van der Waals surface area contributed by atoms with Gasteiger partial charge in [0.05, 0.1) is 12.2 Å². The van der Waals surface area contributed by atoms with Crippen LogP contribution < -0.4 is 5.43 Å². The van der Waals surface area contributed by atoms with Crippen molar-refractivity contribution in [1.82, 2.24) is 15.3 Å². The van der Waals surface area contributed by atoms with Gasteiger partial charge in [-0.2, -0.15) is 0 Å². The van der Waals surface area contributed by atoms with Crippen LogP contribution in [0, 0.1) is 0 Å². The van der Waals surface area contributed by atoms with Crippen LogP contribution in [0.5, 0.6) is 0 Å². The van der Waals surface area contributed by atoms with Gasteiger partial charge in [0.1, 0.15) is 0 Å². The minimum Gasteiger partial charge on any atom is -0.374 e. The van der Waals surface area contributed by atoms with Crippen molar-refractivity contribution in [3.8, 4) is 0 Å². The van der Waals surface area contributed by atoms with Gasteiger partial charge in [-0.25, -0.2) is 5.01 Å². The standard InChI is InChI=1S/C11H23N3O/c1-10-3-4-11(15-10)9-12-14-7-5-13(2)6-8-14/h10-12H,3-9H2,1-2H3. The lowest BCUT2D eigenvalue weighted by Gasteiger charge is -2.33. The second kappa shape index (κ2) is 5.25. The van der Waals surface area contributed by atoms with Crippen molar-refractivity contribution in [2.45, 2.75) is 32.0 Å². The average molecular weight is 213 g/mol. The first kappa shape index (κ1) is 11.3. The lowest BCUT2D eigenvalue weighted by atomic mass is 10.2. The quantitative estimate of drug-likeness (QED) is 0.730. The predicted molar refractivity (Wildman–Crippen MR) is 60.6 cm³/mol. The van der Waals surface area contributed by atoms with Crippen molar-refractivity contribution in [2.75, 3.05) is 39.8 Å². The molecule has 0 aromatic carbocycles. The molecule has 0 aromatic rings. The predicted octanol–water partition coefficient (Wildman–Crippen LogP) is 0.306. The third kappa shape index (κ3) is 3.41. The van der Waals surface area contributed by atoms with E-state index >= 15 is 0 Å². The van der Waals surface area contributed by atoms with Crippen LogP contribution in [0.3, 0.4) is 0 Å².